The van der Waals surface area contributed by atoms with Crippen molar-refractivity contribution in [2.45, 2.75) is 45.7 Å². The summed E-state index contributed by atoms with van der Waals surface area (Å²) in [5, 5.41) is 0. The number of aromatic nitrogens is 4. The molecule has 0 atom stereocenters. The molecule has 0 saturated heterocycles. The predicted octanol–water partition coefficient (Wildman–Crippen LogP) is 2.50. The fraction of sp³-hybridized carbons (Fsp3) is 0.308. The normalized spacial score (nSPS) is 11.2. The minimum Gasteiger partial charge on any atom is -0.497 e. The van der Waals surface area contributed by atoms with Gasteiger partial charge in [0.1, 0.15) is 22.9 Å². The van der Waals surface area contributed by atoms with E-state index in [9.17, 15) is 18.8 Å². The highest BCUT2D eigenvalue weighted by atomic mass is 19.1. The first kappa shape index (κ1) is 24.9. The Hall–Kier alpha value is -4.21. The molecule has 0 radical (unpaired) electrons. The highest BCUT2D eigenvalue weighted by Crippen LogP contribution is 2.18. The molecule has 36 heavy (non-hydrogen) atoms. The average Bonchev–Trinajstić information content (AvgIpc) is 3.27. The molecule has 1 amide bonds. The van der Waals surface area contributed by atoms with Crippen molar-refractivity contribution in [2.24, 2.45) is 5.73 Å². The SMILES string of the molecule is CCCCn1c(=O)n(Cc2cc(OC)ccc2F)c(=O)c2[nH]c(Cc3ccc(CC(N)=O)cc3)nc21. The van der Waals surface area contributed by atoms with Crippen LogP contribution in [0.15, 0.2) is 52.1 Å². The van der Waals surface area contributed by atoms with E-state index in [-0.39, 0.29) is 29.7 Å². The van der Waals surface area contributed by atoms with E-state index in [1.54, 1.807) is 0 Å². The number of nitrogens with one attached hydrogen (secondary N) is 1. The number of benzene rings is 2. The van der Waals surface area contributed by atoms with Crippen molar-refractivity contribution in [1.82, 2.24) is 19.1 Å². The Balaban J connectivity index is 1.75. The number of carbonyl (C=O) groups excluding carboxylic acids is 1. The minimum atomic E-state index is -0.569. The van der Waals surface area contributed by atoms with Crippen LogP contribution >= 0.6 is 0 Å². The number of ether oxygens (including phenoxy) is 1. The molecule has 3 N–H and O–H groups in total. The summed E-state index contributed by atoms with van der Waals surface area (Å²) in [5.41, 5.74) is 6.48. The van der Waals surface area contributed by atoms with E-state index in [1.807, 2.05) is 31.2 Å². The summed E-state index contributed by atoms with van der Waals surface area (Å²) in [5.74, 6) is -0.000186. The number of nitrogens with two attached hydrogens (primary N) is 1. The van der Waals surface area contributed by atoms with Gasteiger partial charge in [0.15, 0.2) is 5.65 Å². The van der Waals surface area contributed by atoms with Crippen LogP contribution in [0.5, 0.6) is 5.75 Å². The number of halogens is 1. The summed E-state index contributed by atoms with van der Waals surface area (Å²) in [6, 6.07) is 11.6. The third-order valence-electron chi connectivity index (χ3n) is 6.00. The first-order valence-electron chi connectivity index (χ1n) is 11.7. The Kier molecular flexibility index (Phi) is 7.33. The molecular weight excluding hydrogens is 465 g/mol. The van der Waals surface area contributed by atoms with E-state index in [0.29, 0.717) is 31.0 Å². The van der Waals surface area contributed by atoms with Gasteiger partial charge in [-0.2, -0.15) is 0 Å². The van der Waals surface area contributed by atoms with Crippen LogP contribution in [0.2, 0.25) is 0 Å². The lowest BCUT2D eigenvalue weighted by molar-refractivity contribution is -0.117. The Bertz CT molecular complexity index is 1520. The lowest BCUT2D eigenvalue weighted by Crippen LogP contribution is -2.40. The zero-order valence-corrected chi connectivity index (χ0v) is 20.2. The van der Waals surface area contributed by atoms with Crippen molar-refractivity contribution < 1.29 is 13.9 Å². The fourth-order valence-corrected chi connectivity index (χ4v) is 4.09. The topological polar surface area (TPSA) is 125 Å². The molecule has 2 aromatic carbocycles. The van der Waals surface area contributed by atoms with Crippen LogP contribution < -0.4 is 21.7 Å². The number of hydrogen-bond acceptors (Lipinski definition) is 5. The Morgan fingerprint density at radius 1 is 1.11 bits per heavy atom. The Morgan fingerprint density at radius 3 is 2.50 bits per heavy atom. The molecule has 0 saturated carbocycles. The summed E-state index contributed by atoms with van der Waals surface area (Å²) in [6.45, 7) is 2.14. The Morgan fingerprint density at radius 2 is 1.83 bits per heavy atom. The van der Waals surface area contributed by atoms with Crippen LogP contribution in [0.3, 0.4) is 0 Å². The van der Waals surface area contributed by atoms with Crippen molar-refractivity contribution in [3.05, 3.63) is 91.6 Å². The number of aromatic amines is 1. The minimum absolute atomic E-state index is 0.155. The number of unbranched alkanes of at least 4 members (excludes halogenated alkanes) is 1. The van der Waals surface area contributed by atoms with Gasteiger partial charge in [0, 0.05) is 18.5 Å². The zero-order valence-electron chi connectivity index (χ0n) is 20.2. The van der Waals surface area contributed by atoms with Crippen LogP contribution in [0, 0.1) is 5.82 Å². The fourth-order valence-electron chi connectivity index (χ4n) is 4.09. The first-order valence-corrected chi connectivity index (χ1v) is 11.7. The Labute approximate surface area is 206 Å². The van der Waals surface area contributed by atoms with Crippen LogP contribution in [0.4, 0.5) is 4.39 Å². The molecule has 10 heteroatoms. The highest BCUT2D eigenvalue weighted by molar-refractivity contribution is 5.76. The standard InChI is InChI=1S/C26H28FN5O4/c1-3-4-11-31-24-23(29-22(30-24)13-17-7-5-16(6-8-17)12-21(28)33)25(34)32(26(31)35)15-18-14-19(36-2)9-10-20(18)27/h5-10,14H,3-4,11-13,15H2,1-2H3,(H2,28,33)(H,29,30). The maximum absolute atomic E-state index is 14.5. The number of carbonyl (C=O) groups is 1. The van der Waals surface area contributed by atoms with Gasteiger partial charge in [0.05, 0.1) is 20.1 Å². The maximum atomic E-state index is 14.5. The van der Waals surface area contributed by atoms with Gasteiger partial charge in [-0.25, -0.2) is 14.2 Å². The molecule has 0 aliphatic carbocycles. The number of rotatable bonds is 10. The molecule has 2 aromatic heterocycles. The lowest BCUT2D eigenvalue weighted by atomic mass is 10.1. The quantitative estimate of drug-likeness (QED) is 0.351. The molecule has 4 rings (SSSR count). The third kappa shape index (κ3) is 5.22. The summed E-state index contributed by atoms with van der Waals surface area (Å²) in [4.78, 5) is 45.5. The summed E-state index contributed by atoms with van der Waals surface area (Å²) >= 11 is 0. The first-order chi connectivity index (χ1) is 17.3. The molecule has 0 aliphatic rings. The van der Waals surface area contributed by atoms with Gasteiger partial charge in [0.2, 0.25) is 5.91 Å². The second-order valence-electron chi connectivity index (χ2n) is 8.65. The molecule has 0 unspecified atom stereocenters. The smallest absolute Gasteiger partial charge is 0.333 e. The van der Waals surface area contributed by atoms with Gasteiger partial charge in [-0.15, -0.1) is 0 Å². The number of amides is 1. The van der Waals surface area contributed by atoms with E-state index in [4.69, 9.17) is 10.5 Å². The average molecular weight is 494 g/mol. The van der Waals surface area contributed by atoms with Crippen LogP contribution in [0.1, 0.15) is 42.3 Å². The second-order valence-corrected chi connectivity index (χ2v) is 8.65. The van der Waals surface area contributed by atoms with Gasteiger partial charge in [-0.3, -0.25) is 18.7 Å². The summed E-state index contributed by atoms with van der Waals surface area (Å²) < 4.78 is 22.1. The summed E-state index contributed by atoms with van der Waals surface area (Å²) in [6.07, 6.45) is 2.09. The lowest BCUT2D eigenvalue weighted by Gasteiger charge is -2.12. The van der Waals surface area contributed by atoms with Crippen molar-refractivity contribution >= 4 is 17.1 Å². The number of imidazole rings is 1. The van der Waals surface area contributed by atoms with Gasteiger partial charge in [0.25, 0.3) is 5.56 Å². The van der Waals surface area contributed by atoms with Crippen molar-refractivity contribution in [2.75, 3.05) is 7.11 Å². The molecular formula is C26H28FN5O4. The predicted molar refractivity (Wildman–Crippen MR) is 134 cm³/mol. The van der Waals surface area contributed by atoms with Gasteiger partial charge in [-0.1, -0.05) is 37.6 Å². The third-order valence-corrected chi connectivity index (χ3v) is 6.00. The molecule has 4 aromatic rings. The van der Waals surface area contributed by atoms with Gasteiger partial charge in [-0.05, 0) is 35.7 Å². The number of methoxy groups -OCH3 is 1. The number of aryl methyl sites for hydroxylation is 1. The van der Waals surface area contributed by atoms with Crippen LogP contribution in [0.25, 0.3) is 11.2 Å². The van der Waals surface area contributed by atoms with E-state index in [1.165, 1.54) is 29.9 Å². The molecule has 9 nitrogen and oxygen atoms in total. The van der Waals surface area contributed by atoms with Gasteiger partial charge >= 0.3 is 5.69 Å². The molecule has 0 spiro atoms. The number of nitrogens with zero attached hydrogens (tertiary/aromatic N) is 3. The van der Waals surface area contributed by atoms with Crippen molar-refractivity contribution in [3.8, 4) is 5.75 Å². The second kappa shape index (κ2) is 10.6. The van der Waals surface area contributed by atoms with E-state index in [0.717, 1.165) is 22.1 Å². The summed E-state index contributed by atoms with van der Waals surface area (Å²) in [7, 11) is 1.46. The molecule has 0 aliphatic heterocycles. The van der Waals surface area contributed by atoms with Crippen LogP contribution in [-0.4, -0.2) is 32.1 Å². The van der Waals surface area contributed by atoms with Crippen LogP contribution in [-0.2, 0) is 30.7 Å². The molecule has 0 fully saturated rings. The number of primary amides is 1. The number of fused-ring (bicyclic) bond motifs is 1. The molecule has 0 bridgehead atoms. The number of H-pyrrole nitrogens is 1. The highest BCUT2D eigenvalue weighted by Gasteiger charge is 2.19. The van der Waals surface area contributed by atoms with Crippen molar-refractivity contribution in [1.29, 1.82) is 0 Å². The largest absolute Gasteiger partial charge is 0.497 e. The number of hydrogen-bond donors (Lipinski definition) is 2. The zero-order chi connectivity index (χ0) is 25.8. The molecule has 2 heterocycles. The monoisotopic (exact) mass is 493 g/mol. The van der Waals surface area contributed by atoms with Crippen molar-refractivity contribution in [3.63, 3.8) is 0 Å². The van der Waals surface area contributed by atoms with Gasteiger partial charge < -0.3 is 15.5 Å². The van der Waals surface area contributed by atoms with E-state index in [2.05, 4.69) is 9.97 Å². The van der Waals surface area contributed by atoms with E-state index >= 15 is 0 Å². The maximum Gasteiger partial charge on any atom is 0.333 e. The molecule has 188 valence electrons. The van der Waals surface area contributed by atoms with E-state index < -0.39 is 23.0 Å².